The van der Waals surface area contributed by atoms with Gasteiger partial charge >= 0.3 is 0 Å². The van der Waals surface area contributed by atoms with Gasteiger partial charge in [0, 0.05) is 25.2 Å². The second kappa shape index (κ2) is 8.63. The van der Waals surface area contributed by atoms with Crippen LogP contribution in [0.15, 0.2) is 24.3 Å². The maximum Gasteiger partial charge on any atom is 0.275 e. The smallest absolute Gasteiger partial charge is 0.275 e. The number of anilines is 1. The van der Waals surface area contributed by atoms with E-state index in [-0.39, 0.29) is 17.4 Å². The number of fused-ring (bicyclic) bond motifs is 1. The van der Waals surface area contributed by atoms with Crippen LogP contribution >= 0.6 is 11.3 Å². The molecule has 3 heterocycles. The number of thiazole rings is 1. The van der Waals surface area contributed by atoms with Crippen LogP contribution in [0.3, 0.4) is 0 Å². The van der Waals surface area contributed by atoms with Gasteiger partial charge in [-0.2, -0.15) is 10.1 Å². The Balaban J connectivity index is 1.64. The summed E-state index contributed by atoms with van der Waals surface area (Å²) >= 11 is 1.29. The fourth-order valence-electron chi connectivity index (χ4n) is 3.84. The van der Waals surface area contributed by atoms with Gasteiger partial charge in [-0.05, 0) is 59.2 Å². The fourth-order valence-corrected chi connectivity index (χ4v) is 4.76. The molecule has 1 fully saturated rings. The first-order valence-electron chi connectivity index (χ1n) is 10.9. The molecule has 8 nitrogen and oxygen atoms in total. The topological polar surface area (TPSA) is 92.2 Å². The summed E-state index contributed by atoms with van der Waals surface area (Å²) in [6, 6.07) is 7.69. The number of hydrogen-bond acceptors (Lipinski definition) is 6. The van der Waals surface area contributed by atoms with Crippen molar-refractivity contribution in [2.45, 2.75) is 52.1 Å². The molecule has 0 spiro atoms. The second-order valence-electron chi connectivity index (χ2n) is 9.40. The SMILES string of the molecule is Cc1ccc(C(=O)Nc2nc3c(s2)c(C(=O)N(C)CC2CCCN2)nn3C(C)(C)C)cc1. The molecule has 1 saturated heterocycles. The van der Waals surface area contributed by atoms with E-state index in [1.165, 1.54) is 11.3 Å². The third-order valence-corrected chi connectivity index (χ3v) is 6.57. The van der Waals surface area contributed by atoms with Crippen LogP contribution in [-0.2, 0) is 5.54 Å². The Morgan fingerprint density at radius 2 is 2.00 bits per heavy atom. The molecule has 1 aliphatic rings. The van der Waals surface area contributed by atoms with E-state index in [0.717, 1.165) is 24.9 Å². The number of hydrogen-bond donors (Lipinski definition) is 2. The predicted octanol–water partition coefficient (Wildman–Crippen LogP) is 3.63. The van der Waals surface area contributed by atoms with Gasteiger partial charge in [-0.1, -0.05) is 29.0 Å². The Hall–Kier alpha value is -2.78. The standard InChI is InChI=1S/C23H30N6O2S/c1-14-8-10-15(11-9-14)20(30)26-22-25-19-18(32-22)17(27-29(19)23(2,3)4)21(31)28(5)13-16-7-6-12-24-16/h8-11,16,24H,6-7,12-13H2,1-5H3,(H,25,26,30). The van der Waals surface area contributed by atoms with Crippen LogP contribution in [-0.4, -0.2) is 57.7 Å². The minimum atomic E-state index is -0.366. The number of likely N-dealkylation sites (N-methyl/N-ethyl adjacent to an activating group) is 1. The Morgan fingerprint density at radius 3 is 2.62 bits per heavy atom. The number of carbonyl (C=O) groups excluding carboxylic acids is 2. The molecule has 0 bridgehead atoms. The number of amides is 2. The third-order valence-electron chi connectivity index (χ3n) is 5.60. The largest absolute Gasteiger partial charge is 0.339 e. The zero-order chi connectivity index (χ0) is 23.0. The monoisotopic (exact) mass is 454 g/mol. The number of rotatable bonds is 5. The number of aromatic nitrogens is 3. The van der Waals surface area contributed by atoms with Crippen LogP contribution in [0.1, 0.15) is 60.0 Å². The van der Waals surface area contributed by atoms with Crippen molar-refractivity contribution in [3.8, 4) is 0 Å². The van der Waals surface area contributed by atoms with Gasteiger partial charge in [0.15, 0.2) is 16.5 Å². The molecule has 9 heteroatoms. The summed E-state index contributed by atoms with van der Waals surface area (Å²) < 4.78 is 2.46. The lowest BCUT2D eigenvalue weighted by Gasteiger charge is -2.21. The predicted molar refractivity (Wildman–Crippen MR) is 128 cm³/mol. The van der Waals surface area contributed by atoms with E-state index >= 15 is 0 Å². The molecule has 3 aromatic rings. The Morgan fingerprint density at radius 1 is 1.28 bits per heavy atom. The Bertz CT molecular complexity index is 1140. The molecule has 1 unspecified atom stereocenters. The highest BCUT2D eigenvalue weighted by molar-refractivity contribution is 7.22. The first-order valence-corrected chi connectivity index (χ1v) is 11.7. The van der Waals surface area contributed by atoms with Gasteiger partial charge in [-0.25, -0.2) is 4.68 Å². The highest BCUT2D eigenvalue weighted by atomic mass is 32.1. The molecule has 1 atom stereocenters. The summed E-state index contributed by atoms with van der Waals surface area (Å²) in [5, 5.41) is 11.4. The van der Waals surface area contributed by atoms with Crippen LogP contribution in [0.25, 0.3) is 10.3 Å². The third kappa shape index (κ3) is 4.54. The van der Waals surface area contributed by atoms with Crippen LogP contribution in [0, 0.1) is 6.92 Å². The van der Waals surface area contributed by atoms with E-state index in [2.05, 4.69) is 20.7 Å². The van der Waals surface area contributed by atoms with Gasteiger partial charge in [0.05, 0.1) is 5.54 Å². The van der Waals surface area contributed by atoms with Crippen molar-refractivity contribution in [2.75, 3.05) is 25.5 Å². The van der Waals surface area contributed by atoms with Crippen LogP contribution in [0.4, 0.5) is 5.13 Å². The van der Waals surface area contributed by atoms with Crippen molar-refractivity contribution in [1.29, 1.82) is 0 Å². The van der Waals surface area contributed by atoms with E-state index in [1.807, 2.05) is 46.9 Å². The number of carbonyl (C=O) groups is 2. The average molecular weight is 455 g/mol. The summed E-state index contributed by atoms with van der Waals surface area (Å²) in [5.41, 5.74) is 2.27. The van der Waals surface area contributed by atoms with Gasteiger partial charge in [0.25, 0.3) is 11.8 Å². The van der Waals surface area contributed by atoms with Crippen LogP contribution < -0.4 is 10.6 Å². The maximum atomic E-state index is 13.3. The van der Waals surface area contributed by atoms with E-state index in [9.17, 15) is 9.59 Å². The molecular weight excluding hydrogens is 424 g/mol. The molecular formula is C23H30N6O2S. The van der Waals surface area contributed by atoms with Crippen molar-refractivity contribution in [3.05, 3.63) is 41.1 Å². The summed E-state index contributed by atoms with van der Waals surface area (Å²) in [4.78, 5) is 32.3. The highest BCUT2D eigenvalue weighted by Crippen LogP contribution is 2.33. The van der Waals surface area contributed by atoms with E-state index in [1.54, 1.807) is 21.7 Å². The number of nitrogens with zero attached hydrogens (tertiary/aromatic N) is 4. The van der Waals surface area contributed by atoms with Crippen LogP contribution in [0.2, 0.25) is 0 Å². The minimum absolute atomic E-state index is 0.133. The molecule has 0 aliphatic carbocycles. The minimum Gasteiger partial charge on any atom is -0.339 e. The summed E-state index contributed by atoms with van der Waals surface area (Å²) in [7, 11) is 1.81. The van der Waals surface area contributed by atoms with E-state index in [0.29, 0.717) is 39.3 Å². The van der Waals surface area contributed by atoms with Gasteiger partial charge in [-0.3, -0.25) is 14.9 Å². The van der Waals surface area contributed by atoms with Crippen LogP contribution in [0.5, 0.6) is 0 Å². The number of nitrogens with one attached hydrogen (secondary N) is 2. The molecule has 2 amide bonds. The lowest BCUT2D eigenvalue weighted by Crippen LogP contribution is -2.39. The first kappa shape index (κ1) is 22.4. The van der Waals surface area contributed by atoms with Gasteiger partial charge < -0.3 is 10.2 Å². The molecule has 32 heavy (non-hydrogen) atoms. The summed E-state index contributed by atoms with van der Waals surface area (Å²) in [6.45, 7) is 9.66. The average Bonchev–Trinajstić information content (AvgIpc) is 3.44. The molecule has 1 aromatic carbocycles. The van der Waals surface area contributed by atoms with E-state index < -0.39 is 0 Å². The molecule has 4 rings (SSSR count). The first-order chi connectivity index (χ1) is 15.1. The molecule has 170 valence electrons. The quantitative estimate of drug-likeness (QED) is 0.614. The molecule has 2 aromatic heterocycles. The van der Waals surface area contributed by atoms with Crippen molar-refractivity contribution < 1.29 is 9.59 Å². The van der Waals surface area contributed by atoms with Crippen molar-refractivity contribution in [2.24, 2.45) is 0 Å². The van der Waals surface area contributed by atoms with Gasteiger partial charge in [0.1, 0.15) is 4.70 Å². The Labute approximate surface area is 192 Å². The lowest BCUT2D eigenvalue weighted by molar-refractivity contribution is 0.0778. The molecule has 1 aliphatic heterocycles. The van der Waals surface area contributed by atoms with Gasteiger partial charge in [0.2, 0.25) is 0 Å². The van der Waals surface area contributed by atoms with Crippen molar-refractivity contribution in [3.63, 3.8) is 0 Å². The fraction of sp³-hybridized carbons (Fsp3) is 0.478. The summed E-state index contributed by atoms with van der Waals surface area (Å²) in [5.74, 6) is -0.360. The summed E-state index contributed by atoms with van der Waals surface area (Å²) in [6.07, 6.45) is 2.20. The highest BCUT2D eigenvalue weighted by Gasteiger charge is 2.29. The van der Waals surface area contributed by atoms with Crippen molar-refractivity contribution in [1.82, 2.24) is 25.0 Å². The zero-order valence-electron chi connectivity index (χ0n) is 19.2. The normalized spacial score (nSPS) is 16.5. The maximum absolute atomic E-state index is 13.3. The number of benzene rings is 1. The molecule has 2 N–H and O–H groups in total. The van der Waals surface area contributed by atoms with Crippen molar-refractivity contribution >= 4 is 38.6 Å². The molecule has 0 saturated carbocycles. The zero-order valence-corrected chi connectivity index (χ0v) is 20.0. The van der Waals surface area contributed by atoms with E-state index in [4.69, 9.17) is 0 Å². The molecule has 0 radical (unpaired) electrons. The number of aryl methyl sites for hydroxylation is 1. The second-order valence-corrected chi connectivity index (χ2v) is 10.4. The van der Waals surface area contributed by atoms with Gasteiger partial charge in [-0.15, -0.1) is 0 Å². The Kier molecular flexibility index (Phi) is 6.05. The lowest BCUT2D eigenvalue weighted by atomic mass is 10.1.